The van der Waals surface area contributed by atoms with E-state index >= 15 is 0 Å². The van der Waals surface area contributed by atoms with Crippen molar-refractivity contribution in [1.82, 2.24) is 28.7 Å². The van der Waals surface area contributed by atoms with Crippen molar-refractivity contribution in [3.8, 4) is 0 Å². The Morgan fingerprint density at radius 1 is 0.460 bits per heavy atom. The fraction of sp³-hybridized carbons (Fsp3) is 0.415. The summed E-state index contributed by atoms with van der Waals surface area (Å²) >= 11 is 16.6. The van der Waals surface area contributed by atoms with E-state index in [2.05, 4.69) is 72.7 Å². The Balaban J connectivity index is 0.00000160. The summed E-state index contributed by atoms with van der Waals surface area (Å²) < 4.78 is 43.5. The molecule has 0 atom stereocenters. The summed E-state index contributed by atoms with van der Waals surface area (Å²) in [5.41, 5.74) is 16.0. The molecule has 0 aliphatic heterocycles. The van der Waals surface area contributed by atoms with Crippen molar-refractivity contribution < 1.29 is 121 Å². The smallest absolute Gasteiger partial charge is 0.315 e. The molecule has 0 spiro atoms. The molecule has 6 aromatic carbocycles. The van der Waals surface area contributed by atoms with Gasteiger partial charge in [-0.1, -0.05) is 0 Å². The molecule has 0 unspecified atom stereocenters. The number of nitrogens with two attached hydrogens (primary N) is 3. The summed E-state index contributed by atoms with van der Waals surface area (Å²) in [4.78, 5) is 179. The van der Waals surface area contributed by atoms with Crippen LogP contribution in [0.4, 0.5) is 68.2 Å². The number of aliphatic hydroxyl groups is 2. The molecule has 0 fully saturated rings. The number of imidazole rings is 3. The second-order valence-electron chi connectivity index (χ2n) is 27.2. The van der Waals surface area contributed by atoms with Gasteiger partial charge in [-0.25, -0.2) is 25.1 Å². The van der Waals surface area contributed by atoms with Crippen LogP contribution in [0.1, 0.15) is 103 Å². The quantitative estimate of drug-likeness (QED) is 0.00275. The van der Waals surface area contributed by atoms with Crippen molar-refractivity contribution in [1.29, 1.82) is 0 Å². The van der Waals surface area contributed by atoms with E-state index in [0.29, 0.717) is 88.9 Å². The molecule has 0 aliphatic rings. The van der Waals surface area contributed by atoms with Gasteiger partial charge in [0.2, 0.25) is 26.3 Å². The molecule has 764 valence electrons. The van der Waals surface area contributed by atoms with Crippen LogP contribution in [0, 0.1) is 67.6 Å². The van der Waals surface area contributed by atoms with Gasteiger partial charge >= 0.3 is 35.8 Å². The zero-order valence-electron chi connectivity index (χ0n) is 77.0. The zero-order chi connectivity index (χ0) is 105. The number of aromatic nitrogens is 6. The number of nitrogen functional groups attached to an aromatic ring is 2. The Hall–Kier alpha value is -13.5. The monoisotopic (exact) mass is 2100 g/mol. The molecule has 3 aromatic heterocycles. The van der Waals surface area contributed by atoms with Crippen LogP contribution in [0.5, 0.6) is 0 Å². The second kappa shape index (κ2) is 66.9. The lowest BCUT2D eigenvalue weighted by molar-refractivity contribution is -0.393. The standard InChI is InChI=1S/C17H23Cl2N3O2.C17H25N3O4.C13H17N3O2.2C12H13N3O7.C6H5N3O4.C5H7ClO3.Cl2OS.ClH.H3NO/c1-3-24-17(23)7-6-16-20-14-12-13(4-5-15(14)21(16)2)22(10-8-18)11-9-19;1-3-24-17(23)7-6-16-18-14-12-13(4-5-15(14)19(16)2)20(8-10-21)9-11-22;1-3-18-13(17)7-6-12-15-10-8-9(14)4-5-11(10)16(12)2;1-3-22-11(17)6-10(16)13-12-7(2)4-8(14(18)19)5-9(12)15(20)21;1-3-22-12(17)7-11(16)13(2)9-5-4-8(14(18)19)6-10(9)15(20)21;7-5-2-1-4(8(10)11)3-6(5)9(12)13;1-2-9-5(8)3-4(6)7;1-4(2)3;;1-2/h4-5,12H,3,6-11H2,1-2H3;4-5,12,21-22H,3,6-11H2,1-2H3;4-5,8H,3,6-7,14H2,1-2H3;4-5H,3,6H2,1-2H3,(H,13,16);4-6H,3,7H2,1-2H3;1-3H,7H2;2-3H2,1H3;;1H;2H,1H2. The van der Waals surface area contributed by atoms with Crippen LogP contribution in [0.25, 0.3) is 33.1 Å². The van der Waals surface area contributed by atoms with E-state index in [-0.39, 0.29) is 98.1 Å². The minimum atomic E-state index is -1.67. The number of alkyl halides is 2. The molecule has 0 bridgehead atoms. The predicted molar refractivity (Wildman–Crippen MR) is 520 cm³/mol. The lowest BCUT2D eigenvalue weighted by atomic mass is 10.1. The van der Waals surface area contributed by atoms with Crippen molar-refractivity contribution in [2.45, 2.75) is 106 Å². The highest BCUT2D eigenvalue weighted by molar-refractivity contribution is 8.26. The Labute approximate surface area is 826 Å². The molecule has 0 saturated carbocycles. The Kier molecular flexibility index (Phi) is 60.4. The Morgan fingerprint density at radius 2 is 0.799 bits per heavy atom. The molecule has 0 saturated heterocycles. The maximum absolute atomic E-state index is 11.9. The number of hydrogen-bond donors (Lipinski definition) is 7. The molecule has 2 amide bonds. The van der Waals surface area contributed by atoms with Crippen LogP contribution >= 0.6 is 68.6 Å². The normalized spacial score (nSPS) is 10.1. The number of benzene rings is 6. The topological polar surface area (TPSA) is 699 Å². The number of aryl methyl sites for hydroxylation is 7. The summed E-state index contributed by atoms with van der Waals surface area (Å²) in [6.07, 6.45) is 1.12. The largest absolute Gasteiger partial charge is 0.466 e. The van der Waals surface area contributed by atoms with Crippen LogP contribution in [0.2, 0.25) is 0 Å². The highest BCUT2D eigenvalue weighted by Gasteiger charge is 2.29. The maximum Gasteiger partial charge on any atom is 0.315 e. The fourth-order valence-electron chi connectivity index (χ4n) is 11.8. The number of nitrogens with one attached hydrogen (secondary N) is 1. The molecule has 3 heterocycles. The SMILES string of the molecule is CCOC(=O)CC(=O)Cl.CCOC(=O)CC(=O)N(C)c1ccc([N+](=O)[O-])cc1[N+](=O)[O-].CCOC(=O)CC(=O)Nc1c(C)cc([N+](=O)[O-])cc1[N+](=O)[O-].CCOC(=O)CCc1nc2cc(N(CCCl)CCCl)ccc2n1C.CCOC(=O)CCc1nc2cc(N(CCO)CCO)ccc2n1C.CCOC(=O)CCc1nc2cc(N)ccc2n1C.Cl.NO.Nc1ccc([N+](=O)[O-])cc1[N+](=O)[O-].O=S(Cl)Cl. The lowest BCUT2D eigenvalue weighted by Crippen LogP contribution is -2.29. The molecule has 10 N–H and O–H groups in total. The first-order valence-electron chi connectivity index (χ1n) is 41.0. The molecule has 0 radical (unpaired) electrons. The van der Waals surface area contributed by atoms with Gasteiger partial charge in [0.05, 0.1) is 153 Å². The number of amides is 2. The minimum Gasteiger partial charge on any atom is -0.466 e. The number of aliphatic hydroxyl groups excluding tert-OH is 2. The number of hydrogen-bond acceptors (Lipinski definition) is 39. The van der Waals surface area contributed by atoms with Gasteiger partial charge in [0, 0.05) is 142 Å². The molecule has 9 aromatic rings. The molecular formula is C82H107Cl6N19O31S. The number of rotatable bonds is 39. The summed E-state index contributed by atoms with van der Waals surface area (Å²) in [7, 11) is 14.4. The van der Waals surface area contributed by atoms with E-state index in [0.717, 1.165) is 128 Å². The summed E-state index contributed by atoms with van der Waals surface area (Å²) in [6.45, 7) is 15.7. The first kappa shape index (κ1) is 125. The average molecular weight is 2100 g/mol. The van der Waals surface area contributed by atoms with E-state index in [4.69, 9.17) is 80.1 Å². The maximum atomic E-state index is 11.9. The third-order valence-corrected chi connectivity index (χ3v) is 18.4. The van der Waals surface area contributed by atoms with Gasteiger partial charge in [0.25, 0.3) is 34.1 Å². The van der Waals surface area contributed by atoms with Crippen LogP contribution in [-0.2, 0) is 121 Å². The molecule has 50 nitrogen and oxygen atoms in total. The zero-order valence-corrected chi connectivity index (χ0v) is 82.4. The highest BCUT2D eigenvalue weighted by Crippen LogP contribution is 2.35. The number of non-ortho nitro benzene ring substituents is 3. The van der Waals surface area contributed by atoms with Gasteiger partial charge < -0.3 is 89.0 Å². The van der Waals surface area contributed by atoms with Crippen molar-refractivity contribution in [2.75, 3.05) is 129 Å². The average Bonchev–Trinajstić information content (AvgIpc) is 1.75. The summed E-state index contributed by atoms with van der Waals surface area (Å²) in [6, 6.07) is 25.4. The minimum absolute atomic E-state index is 0. The number of nitro groups is 6. The van der Waals surface area contributed by atoms with Crippen molar-refractivity contribution >= 4 is 232 Å². The van der Waals surface area contributed by atoms with E-state index in [1.165, 1.54) is 14.0 Å². The third-order valence-electron chi connectivity index (χ3n) is 18.0. The van der Waals surface area contributed by atoms with Crippen molar-refractivity contribution in [3.05, 3.63) is 187 Å². The number of halogens is 6. The molecule has 0 aliphatic carbocycles. The van der Waals surface area contributed by atoms with Gasteiger partial charge in [-0.2, -0.15) is 0 Å². The number of carbonyl (C=O) groups is 9. The van der Waals surface area contributed by atoms with Crippen LogP contribution in [0.15, 0.2) is 103 Å². The van der Waals surface area contributed by atoms with Crippen molar-refractivity contribution in [2.24, 2.45) is 27.0 Å². The van der Waals surface area contributed by atoms with E-state index in [1.807, 2.05) is 95.2 Å². The van der Waals surface area contributed by atoms with Crippen LogP contribution in [0.3, 0.4) is 0 Å². The second-order valence-corrected chi connectivity index (χ2v) is 30.9. The number of anilines is 6. The first-order valence-corrected chi connectivity index (χ1v) is 45.2. The third kappa shape index (κ3) is 44.7. The van der Waals surface area contributed by atoms with Gasteiger partial charge in [0.1, 0.15) is 53.8 Å². The number of nitro benzene ring substituents is 6. The first-order chi connectivity index (χ1) is 65.3. The number of esters is 6. The number of fused-ring (bicyclic) bond motifs is 3. The predicted octanol–water partition coefficient (Wildman–Crippen LogP) is 11.6. The van der Waals surface area contributed by atoms with E-state index in [9.17, 15) is 104 Å². The van der Waals surface area contributed by atoms with Gasteiger partial charge in [-0.3, -0.25) is 104 Å². The number of nitrogens with zero attached hydrogens (tertiary/aromatic N) is 15. The molecular weight excluding hydrogens is 1990 g/mol. The molecule has 139 heavy (non-hydrogen) atoms. The van der Waals surface area contributed by atoms with Gasteiger partial charge in [0.15, 0.2) is 0 Å². The number of ether oxygens (including phenoxy) is 6. The summed E-state index contributed by atoms with van der Waals surface area (Å²) in [5, 5.41) is 90.2. The lowest BCUT2D eigenvalue weighted by Gasteiger charge is -2.22. The Morgan fingerprint density at radius 3 is 1.16 bits per heavy atom. The molecule has 57 heteroatoms. The highest BCUT2D eigenvalue weighted by atomic mass is 36.0. The number of carbonyl (C=O) groups excluding carboxylic acids is 9. The van der Waals surface area contributed by atoms with Crippen LogP contribution in [-0.4, -0.2) is 229 Å². The molecule has 9 rings (SSSR count). The summed E-state index contributed by atoms with van der Waals surface area (Å²) in [5.74, 6) is 2.90. The van der Waals surface area contributed by atoms with E-state index < -0.39 is 115 Å². The van der Waals surface area contributed by atoms with E-state index in [1.54, 1.807) is 34.6 Å². The van der Waals surface area contributed by atoms with Crippen LogP contribution < -0.4 is 37.4 Å². The Bertz CT molecular complexity index is 5550. The fourth-order valence-corrected chi connectivity index (χ4v) is 12.3. The van der Waals surface area contributed by atoms with Gasteiger partial charge in [-0.05, 0) is 132 Å². The van der Waals surface area contributed by atoms with Crippen molar-refractivity contribution in [3.63, 3.8) is 0 Å². The van der Waals surface area contributed by atoms with Gasteiger partial charge in [-0.15, -0.1) is 35.6 Å².